The minimum atomic E-state index is 0. The smallest absolute Gasteiger partial charge is 0.307 e. The summed E-state index contributed by atoms with van der Waals surface area (Å²) in [4.78, 5) is 25.5. The van der Waals surface area contributed by atoms with Crippen LogP contribution in [0.3, 0.4) is 0 Å². The van der Waals surface area contributed by atoms with E-state index in [2.05, 4.69) is 361 Å². The van der Waals surface area contributed by atoms with Crippen molar-refractivity contribution in [2.75, 3.05) is 0 Å². The maximum atomic E-state index is 5.69. The molecule has 0 bridgehead atoms. The largest absolute Gasteiger partial charge is 0.423 e. The molecule has 0 radical (unpaired) electrons. The number of thiazole rings is 1. The van der Waals surface area contributed by atoms with Gasteiger partial charge in [0.1, 0.15) is 0 Å². The molecule has 10 nitrogen and oxygen atoms in total. The number of rotatable bonds is 0. The summed E-state index contributed by atoms with van der Waals surface area (Å²) < 4.78 is 18.4. The number of nitrogens with one attached hydrogen (secondary N) is 1. The van der Waals surface area contributed by atoms with Crippen LogP contribution in [0.1, 0.15) is 63.1 Å². The second-order valence-electron chi connectivity index (χ2n) is 29.6. The molecule has 1 N–H and O–H groups in total. The van der Waals surface area contributed by atoms with Crippen molar-refractivity contribution in [3.05, 3.63) is 424 Å². The number of nitrogens with zero attached hydrogens (tertiary/aromatic N) is 8. The zero-order valence-electron chi connectivity index (χ0n) is 64.7. The van der Waals surface area contributed by atoms with Crippen molar-refractivity contribution < 1.29 is 4.42 Å². The van der Waals surface area contributed by atoms with Gasteiger partial charge in [-0.15, -0.1) is 0 Å². The van der Waals surface area contributed by atoms with Gasteiger partial charge in [-0.05, 0) is 179 Å². The molecule has 0 saturated heterocycles. The van der Waals surface area contributed by atoms with Gasteiger partial charge >= 0.3 is 104 Å². The Bertz CT molecular complexity index is 6970. The molecule has 0 spiro atoms. The molecule has 26 aromatic rings. The van der Waals surface area contributed by atoms with Gasteiger partial charge in [0.15, 0.2) is 10.5 Å². The molecule has 0 fully saturated rings. The first-order chi connectivity index (χ1) is 59.5. The van der Waals surface area contributed by atoms with Crippen LogP contribution in [-0.4, -0.2) is 57.0 Å². The zero-order chi connectivity index (χ0) is 79.4. The van der Waals surface area contributed by atoms with E-state index in [1.807, 2.05) is 101 Å². The summed E-state index contributed by atoms with van der Waals surface area (Å²) in [5.41, 5.74) is 28.9. The predicted octanol–water partition coefficient (Wildman–Crippen LogP) is 32.6. The molecule has 1 aliphatic heterocycles. The van der Waals surface area contributed by atoms with Gasteiger partial charge in [0.25, 0.3) is 0 Å². The summed E-state index contributed by atoms with van der Waals surface area (Å²) >= 11 is 3.98. The maximum Gasteiger partial charge on any atom is 0.307 e. The van der Waals surface area contributed by atoms with Gasteiger partial charge in [-0.2, -0.15) is 4.98 Å². The average Bonchev–Trinajstić information content (AvgIpc) is 0.913. The molecule has 13 heteroatoms. The first kappa shape index (κ1) is 87.2. The number of oxazole rings is 1. The normalized spacial score (nSPS) is 11.1. The number of H-pyrrole nitrogens is 1. The van der Waals surface area contributed by atoms with Crippen LogP contribution in [-0.2, 0) is 6.42 Å². The van der Waals surface area contributed by atoms with E-state index in [1.165, 1.54) is 139 Å². The van der Waals surface area contributed by atoms with Crippen LogP contribution in [0.15, 0.2) is 427 Å². The maximum absolute atomic E-state index is 5.69. The summed E-state index contributed by atoms with van der Waals surface area (Å²) in [6.07, 6.45) is 1.08. The predicted molar refractivity (Wildman–Crippen MR) is 550 cm³/mol. The zero-order valence-corrected chi connectivity index (χ0v) is 68.0. The Morgan fingerprint density at radius 2 is 0.606 bits per heavy atom. The fourth-order valence-corrected chi connectivity index (χ4v) is 21.4. The monoisotopic (exact) mass is 1750 g/mol. The molecule has 624 valence electrons. The van der Waals surface area contributed by atoms with E-state index in [4.69, 9.17) is 9.40 Å². The molecular weight excluding hydrogens is 1650 g/mol. The number of hydrogen-bond donors (Lipinski definition) is 1. The van der Waals surface area contributed by atoms with Gasteiger partial charge in [-0.1, -0.05) is 354 Å². The number of fused-ring (bicyclic) bond motifs is 36. The van der Waals surface area contributed by atoms with E-state index in [0.717, 1.165) is 66.9 Å². The fraction of sp³-hybridized carbons (Fsp3) is 0.0702. The second kappa shape index (κ2) is 37.8. The first-order valence-corrected chi connectivity index (χ1v) is 43.5. The Labute approximate surface area is 754 Å². The molecule has 127 heavy (non-hydrogen) atoms. The van der Waals surface area contributed by atoms with E-state index in [1.54, 1.807) is 11.3 Å². The number of hydrogen-bond acceptors (Lipinski definition) is 7. The van der Waals surface area contributed by atoms with Gasteiger partial charge in [0, 0.05) is 9.79 Å². The summed E-state index contributed by atoms with van der Waals surface area (Å²) in [5, 5.41) is 8.04. The van der Waals surface area contributed by atoms with Crippen molar-refractivity contribution in [3.8, 4) is 44.5 Å². The van der Waals surface area contributed by atoms with E-state index >= 15 is 0 Å². The third-order valence-electron chi connectivity index (χ3n) is 22.5. The van der Waals surface area contributed by atoms with Crippen molar-refractivity contribution in [2.24, 2.45) is 0 Å². The van der Waals surface area contributed by atoms with Gasteiger partial charge in [-0.25, -0.2) is 9.97 Å². The third kappa shape index (κ3) is 16.0. The quantitative estimate of drug-likeness (QED) is 0.120. The minimum Gasteiger partial charge on any atom is -0.423 e. The molecule has 8 aromatic heterocycles. The van der Waals surface area contributed by atoms with Crippen LogP contribution in [0.25, 0.3) is 184 Å². The average molecular weight is 1750 g/mol. The van der Waals surface area contributed by atoms with E-state index in [0.29, 0.717) is 20.3 Å². The number of aromatic nitrogens is 9. The van der Waals surface area contributed by atoms with E-state index < -0.39 is 0 Å². The standard InChI is InChI=1S/C24H16.C18H12.C13H9N3.C13H8N2O.C13H8N2S.C13H8N2Se.C13H10S.7CH4/c1-2-10-18-17(9-1)19-11-3-4-13-21(19)23-15-7-8-16-24(23)22-14-6-5-12-20(18)22;1-2-8-14-13(7-1)15-9-3-4-11-17(15)18-12-6-5-10-16(14)18;1-3-7-11-9(5-1)14-13-15-10-6-2-4-8-12(10)16(11)13;3*1-2-6-10-9(5-1)14-13-15(10)11-7-3-4-8-12(11)16-13;1-3-7-12-10(5-1)9-11-6-2-4-8-13(11)14-12;;;;;;;/h1-16H;1-12H;1-8H,(H,14,15);3*1-8H;1-8H,9H2;7*1H4. The molecule has 0 unspecified atom stereocenters. The Morgan fingerprint density at radius 1 is 0.268 bits per heavy atom. The third-order valence-corrected chi connectivity index (χ3v) is 26.9. The van der Waals surface area contributed by atoms with Crippen molar-refractivity contribution in [3.63, 3.8) is 0 Å². The van der Waals surface area contributed by atoms with Gasteiger partial charge in [-0.3, -0.25) is 13.2 Å². The molecule has 28 rings (SSSR count). The van der Waals surface area contributed by atoms with Gasteiger partial charge < -0.3 is 9.40 Å². The number of imidazole rings is 5. The van der Waals surface area contributed by atoms with Crippen LogP contribution < -0.4 is 0 Å². The Morgan fingerprint density at radius 3 is 1.09 bits per heavy atom. The Kier molecular flexibility index (Phi) is 26.0. The van der Waals surface area contributed by atoms with Crippen LogP contribution in [0, 0.1) is 0 Å². The van der Waals surface area contributed by atoms with Crippen LogP contribution in [0.5, 0.6) is 0 Å². The molecular formula is C114H99N9OS2Se. The Balaban J connectivity index is 0.000000114. The fourth-order valence-electron chi connectivity index (χ4n) is 17.1. The first-order valence-electron chi connectivity index (χ1n) is 40.1. The number of para-hydroxylation sites is 14. The SMILES string of the molecule is C.C.C.C.C.C.C.c1ccc2c(c1)-c1ccccc1-c1ccccc1-c1ccccc1-2.c1ccc2c(c1)Cc1ccccc1S2.c1ccc2c(c1)c1ccccc1c1ccccc21.c1ccc2c(c1)nc1[nH]c3ccccc3n12.c1ccc2c(c1)nc1[se]c3ccccc3n12.c1ccc2c(c1)nc1oc3ccccc3n12.c1ccc2c(c1)nc1sc3ccccc3n12. The molecule has 9 heterocycles. The molecule has 18 aromatic carbocycles. The van der Waals surface area contributed by atoms with Crippen LogP contribution in [0.2, 0.25) is 0 Å². The van der Waals surface area contributed by atoms with Crippen molar-refractivity contribution in [1.29, 1.82) is 0 Å². The van der Waals surface area contributed by atoms with Crippen LogP contribution >= 0.6 is 23.1 Å². The van der Waals surface area contributed by atoms with Crippen molar-refractivity contribution in [1.82, 2.24) is 42.5 Å². The minimum absolute atomic E-state index is 0. The summed E-state index contributed by atoms with van der Waals surface area (Å²) in [6.45, 7) is 0. The number of benzene rings is 18. The van der Waals surface area contributed by atoms with Gasteiger partial charge in [0.05, 0.1) is 59.9 Å². The topological polar surface area (TPSA) is 98.1 Å². The molecule has 1 aliphatic carbocycles. The second-order valence-corrected chi connectivity index (χ2v) is 33.8. The van der Waals surface area contributed by atoms with Gasteiger partial charge in [0.2, 0.25) is 5.78 Å². The Hall–Kier alpha value is -14.7. The summed E-state index contributed by atoms with van der Waals surface area (Å²) in [7, 11) is 0. The molecule has 2 aliphatic rings. The van der Waals surface area contributed by atoms with Crippen molar-refractivity contribution in [2.45, 2.75) is 68.2 Å². The summed E-state index contributed by atoms with van der Waals surface area (Å²) in [6, 6.07) is 144. The van der Waals surface area contributed by atoms with Crippen molar-refractivity contribution >= 4 is 177 Å². The van der Waals surface area contributed by atoms with E-state index in [9.17, 15) is 0 Å². The molecule has 0 saturated carbocycles. The molecule has 0 atom stereocenters. The molecule has 0 amide bonds. The summed E-state index contributed by atoms with van der Waals surface area (Å²) in [5.74, 6) is 1.56. The van der Waals surface area contributed by atoms with Crippen LogP contribution in [0.4, 0.5) is 0 Å². The van der Waals surface area contributed by atoms with E-state index in [-0.39, 0.29) is 52.0 Å². The number of aromatic amines is 1.